The number of para-hydroxylation sites is 1. The third-order valence-corrected chi connectivity index (χ3v) is 4.53. The van der Waals surface area contributed by atoms with Gasteiger partial charge >= 0.3 is 0 Å². The molecule has 2 unspecified atom stereocenters. The van der Waals surface area contributed by atoms with Gasteiger partial charge in [0.05, 0.1) is 6.04 Å². The molecule has 0 amide bonds. The van der Waals surface area contributed by atoms with Crippen LogP contribution in [0.4, 0.5) is 0 Å². The first-order chi connectivity index (χ1) is 12.2. The third-order valence-electron chi connectivity index (χ3n) is 4.53. The van der Waals surface area contributed by atoms with Crippen molar-refractivity contribution in [3.63, 3.8) is 0 Å². The molecule has 25 heavy (non-hydrogen) atoms. The zero-order valence-corrected chi connectivity index (χ0v) is 14.9. The van der Waals surface area contributed by atoms with Crippen molar-refractivity contribution in [1.29, 1.82) is 0 Å². The molecule has 0 spiro atoms. The van der Waals surface area contributed by atoms with Crippen molar-refractivity contribution in [3.05, 3.63) is 66.2 Å². The number of aliphatic hydroxyl groups excluding tert-OH is 1. The van der Waals surface area contributed by atoms with Crippen LogP contribution in [0.1, 0.15) is 31.3 Å². The fourth-order valence-corrected chi connectivity index (χ4v) is 3.13. The molecule has 0 aliphatic heterocycles. The maximum absolute atomic E-state index is 9.73. The summed E-state index contributed by atoms with van der Waals surface area (Å²) < 4.78 is 6.04. The van der Waals surface area contributed by atoms with Crippen molar-refractivity contribution in [2.45, 2.75) is 26.3 Å². The molecule has 4 heteroatoms. The average Bonchev–Trinajstić information content (AvgIpc) is 3.05. The highest BCUT2D eigenvalue weighted by molar-refractivity contribution is 5.77. The summed E-state index contributed by atoms with van der Waals surface area (Å²) in [6.45, 7) is 5.20. The van der Waals surface area contributed by atoms with Crippen molar-refractivity contribution >= 4 is 11.0 Å². The molecule has 0 fully saturated rings. The second kappa shape index (κ2) is 8.28. The number of furan rings is 1. The van der Waals surface area contributed by atoms with E-state index in [0.29, 0.717) is 12.5 Å². The van der Waals surface area contributed by atoms with Gasteiger partial charge in [0.2, 0.25) is 0 Å². The lowest BCUT2D eigenvalue weighted by molar-refractivity contribution is 0.210. The van der Waals surface area contributed by atoms with Crippen LogP contribution in [0, 0.1) is 11.8 Å². The Balaban J connectivity index is 1.68. The van der Waals surface area contributed by atoms with Crippen LogP contribution < -0.4 is 5.32 Å². The lowest BCUT2D eigenvalue weighted by atomic mass is 9.98. The van der Waals surface area contributed by atoms with E-state index in [-0.39, 0.29) is 18.6 Å². The summed E-state index contributed by atoms with van der Waals surface area (Å²) in [5, 5.41) is 14.4. The van der Waals surface area contributed by atoms with Gasteiger partial charge in [-0.1, -0.05) is 38.1 Å². The van der Waals surface area contributed by atoms with E-state index in [0.717, 1.165) is 28.8 Å². The quantitative estimate of drug-likeness (QED) is 0.652. The van der Waals surface area contributed by atoms with Gasteiger partial charge < -0.3 is 14.8 Å². The second-order valence-electron chi connectivity index (χ2n) is 6.89. The first-order valence-electron chi connectivity index (χ1n) is 8.90. The highest BCUT2D eigenvalue weighted by Gasteiger charge is 2.21. The molecule has 3 rings (SSSR count). The van der Waals surface area contributed by atoms with Crippen LogP contribution in [0.15, 0.2) is 59.1 Å². The molecule has 4 nitrogen and oxygen atoms in total. The number of pyridine rings is 1. The highest BCUT2D eigenvalue weighted by atomic mass is 16.3. The van der Waals surface area contributed by atoms with Gasteiger partial charge in [0.15, 0.2) is 0 Å². The number of hydrogen-bond acceptors (Lipinski definition) is 4. The molecule has 0 saturated carbocycles. The van der Waals surface area contributed by atoms with Crippen LogP contribution in [0.2, 0.25) is 0 Å². The van der Waals surface area contributed by atoms with E-state index in [2.05, 4.69) is 36.3 Å². The molecule has 1 aromatic carbocycles. The number of benzene rings is 1. The molecule has 3 aromatic rings. The molecule has 0 bridgehead atoms. The van der Waals surface area contributed by atoms with Crippen LogP contribution in [-0.4, -0.2) is 23.2 Å². The molecule has 0 radical (unpaired) electrons. The van der Waals surface area contributed by atoms with Crippen molar-refractivity contribution in [3.8, 4) is 0 Å². The minimum atomic E-state index is 0.116. The number of rotatable bonds is 8. The van der Waals surface area contributed by atoms with E-state index in [4.69, 9.17) is 4.42 Å². The monoisotopic (exact) mass is 338 g/mol. The van der Waals surface area contributed by atoms with E-state index < -0.39 is 0 Å². The molecule has 2 atom stereocenters. The van der Waals surface area contributed by atoms with Crippen LogP contribution >= 0.6 is 0 Å². The summed E-state index contributed by atoms with van der Waals surface area (Å²) in [5.41, 5.74) is 1.92. The molecule has 2 aromatic heterocycles. The van der Waals surface area contributed by atoms with E-state index in [1.54, 1.807) is 6.20 Å². The van der Waals surface area contributed by atoms with Crippen LogP contribution in [-0.2, 0) is 6.42 Å². The van der Waals surface area contributed by atoms with Gasteiger partial charge in [-0.15, -0.1) is 0 Å². The Morgan fingerprint density at radius 2 is 1.92 bits per heavy atom. The maximum atomic E-state index is 9.73. The van der Waals surface area contributed by atoms with Gasteiger partial charge in [-0.05, 0) is 42.5 Å². The molecule has 2 N–H and O–H groups in total. The minimum absolute atomic E-state index is 0.116. The highest BCUT2D eigenvalue weighted by Crippen LogP contribution is 2.28. The zero-order valence-electron chi connectivity index (χ0n) is 14.9. The number of nitrogens with zero attached hydrogens (tertiary/aromatic N) is 1. The minimum Gasteiger partial charge on any atom is -0.459 e. The van der Waals surface area contributed by atoms with Gasteiger partial charge in [0.25, 0.3) is 0 Å². The SMILES string of the molecule is CC(C)C(NCC(CO)Cc1ccccn1)c1cc2ccccc2o1. The first-order valence-corrected chi connectivity index (χ1v) is 8.90. The molecule has 132 valence electrons. The Labute approximate surface area is 148 Å². The van der Waals surface area contributed by atoms with Crippen molar-refractivity contribution in [2.75, 3.05) is 13.2 Å². The zero-order chi connectivity index (χ0) is 17.6. The molecular weight excluding hydrogens is 312 g/mol. The topological polar surface area (TPSA) is 58.3 Å². The summed E-state index contributed by atoms with van der Waals surface area (Å²) in [6, 6.07) is 16.2. The Morgan fingerprint density at radius 3 is 2.60 bits per heavy atom. The van der Waals surface area contributed by atoms with Gasteiger partial charge in [-0.2, -0.15) is 0 Å². The van der Waals surface area contributed by atoms with Gasteiger partial charge in [-0.25, -0.2) is 0 Å². The van der Waals surface area contributed by atoms with Crippen LogP contribution in [0.3, 0.4) is 0 Å². The Hall–Kier alpha value is -2.17. The number of aromatic nitrogens is 1. The predicted molar refractivity (Wildman–Crippen MR) is 100 cm³/mol. The summed E-state index contributed by atoms with van der Waals surface area (Å²) in [7, 11) is 0. The van der Waals surface area contributed by atoms with Gasteiger partial charge in [0, 0.05) is 30.4 Å². The molecular formula is C21H26N2O2. The van der Waals surface area contributed by atoms with Gasteiger partial charge in [-0.3, -0.25) is 4.98 Å². The summed E-state index contributed by atoms with van der Waals surface area (Å²) in [5.74, 6) is 1.46. The number of fused-ring (bicyclic) bond motifs is 1. The number of aliphatic hydroxyl groups is 1. The first kappa shape index (κ1) is 17.6. The summed E-state index contributed by atoms with van der Waals surface area (Å²) in [6.07, 6.45) is 2.55. The molecule has 2 heterocycles. The second-order valence-corrected chi connectivity index (χ2v) is 6.89. The molecule has 0 aliphatic rings. The van der Waals surface area contributed by atoms with Crippen LogP contribution in [0.5, 0.6) is 0 Å². The summed E-state index contributed by atoms with van der Waals surface area (Å²) >= 11 is 0. The normalized spacial score (nSPS) is 14.1. The smallest absolute Gasteiger partial charge is 0.134 e. The Morgan fingerprint density at radius 1 is 1.12 bits per heavy atom. The molecule has 0 saturated heterocycles. The van der Waals surface area contributed by atoms with E-state index in [1.165, 1.54) is 0 Å². The lowest BCUT2D eigenvalue weighted by Gasteiger charge is -2.23. The van der Waals surface area contributed by atoms with Crippen LogP contribution in [0.25, 0.3) is 11.0 Å². The largest absolute Gasteiger partial charge is 0.459 e. The third kappa shape index (κ3) is 4.47. The number of hydrogen-bond donors (Lipinski definition) is 2. The molecule has 0 aliphatic carbocycles. The predicted octanol–water partition coefficient (Wildman–Crippen LogP) is 3.97. The summed E-state index contributed by atoms with van der Waals surface area (Å²) in [4.78, 5) is 4.36. The van der Waals surface area contributed by atoms with Crippen molar-refractivity contribution in [2.24, 2.45) is 11.8 Å². The average molecular weight is 338 g/mol. The number of nitrogens with one attached hydrogen (secondary N) is 1. The Bertz CT molecular complexity index is 750. The fourth-order valence-electron chi connectivity index (χ4n) is 3.13. The van der Waals surface area contributed by atoms with Gasteiger partial charge in [0.1, 0.15) is 11.3 Å². The lowest BCUT2D eigenvalue weighted by Crippen LogP contribution is -2.32. The standard InChI is InChI=1S/C21H26N2O2/c1-15(2)21(20-12-17-7-3-4-9-19(17)25-20)23-13-16(14-24)11-18-8-5-6-10-22-18/h3-10,12,15-16,21,23-24H,11,13-14H2,1-2H3. The van der Waals surface area contributed by atoms with E-state index in [9.17, 15) is 5.11 Å². The maximum Gasteiger partial charge on any atom is 0.134 e. The van der Waals surface area contributed by atoms with Crippen molar-refractivity contribution in [1.82, 2.24) is 10.3 Å². The Kier molecular flexibility index (Phi) is 5.84. The fraction of sp³-hybridized carbons (Fsp3) is 0.381. The van der Waals surface area contributed by atoms with Crippen molar-refractivity contribution < 1.29 is 9.52 Å². The van der Waals surface area contributed by atoms with E-state index in [1.807, 2.05) is 36.4 Å². The van der Waals surface area contributed by atoms with E-state index >= 15 is 0 Å².